The van der Waals surface area contributed by atoms with Crippen LogP contribution in [0.15, 0.2) is 0 Å². The minimum absolute atomic E-state index is 0.00115. The Bertz CT molecular complexity index is 381. The van der Waals surface area contributed by atoms with E-state index in [2.05, 4.69) is 22.6 Å². The van der Waals surface area contributed by atoms with Crippen molar-refractivity contribution in [2.75, 3.05) is 13.2 Å². The van der Waals surface area contributed by atoms with E-state index in [0.29, 0.717) is 13.2 Å². The standard InChI is InChI=1S/C17H27IO3/c1-2-15(18)16(20)21-4-3-14-12-5-11-6-13(14)9-17(7-11,8-12)10-19/h11-15,19H,2-10H2,1H3. The van der Waals surface area contributed by atoms with Crippen LogP contribution in [0.4, 0.5) is 0 Å². The zero-order valence-corrected chi connectivity index (χ0v) is 15.0. The molecule has 4 aliphatic carbocycles. The van der Waals surface area contributed by atoms with Crippen LogP contribution < -0.4 is 0 Å². The molecule has 0 aromatic rings. The molecule has 3 atom stereocenters. The minimum Gasteiger partial charge on any atom is -0.465 e. The number of rotatable bonds is 6. The zero-order valence-electron chi connectivity index (χ0n) is 12.9. The topological polar surface area (TPSA) is 46.5 Å². The van der Waals surface area contributed by atoms with Gasteiger partial charge in [0.05, 0.1) is 6.61 Å². The molecule has 4 aliphatic rings. The van der Waals surface area contributed by atoms with Gasteiger partial charge in [-0.05, 0) is 74.0 Å². The van der Waals surface area contributed by atoms with Crippen molar-refractivity contribution in [2.24, 2.45) is 29.1 Å². The molecule has 120 valence electrons. The molecule has 21 heavy (non-hydrogen) atoms. The summed E-state index contributed by atoms with van der Waals surface area (Å²) < 4.78 is 5.46. The van der Waals surface area contributed by atoms with E-state index in [1.807, 2.05) is 6.92 Å². The van der Waals surface area contributed by atoms with Gasteiger partial charge < -0.3 is 9.84 Å². The van der Waals surface area contributed by atoms with Crippen LogP contribution in [0.25, 0.3) is 0 Å². The van der Waals surface area contributed by atoms with Gasteiger partial charge in [-0.1, -0.05) is 29.5 Å². The summed E-state index contributed by atoms with van der Waals surface area (Å²) in [7, 11) is 0. The van der Waals surface area contributed by atoms with Crippen LogP contribution in [-0.4, -0.2) is 28.2 Å². The molecule has 4 rings (SSSR count). The highest BCUT2D eigenvalue weighted by Crippen LogP contribution is 2.62. The van der Waals surface area contributed by atoms with Crippen LogP contribution >= 0.6 is 22.6 Å². The van der Waals surface area contributed by atoms with E-state index in [0.717, 1.165) is 36.5 Å². The fourth-order valence-electron chi connectivity index (χ4n) is 5.52. The summed E-state index contributed by atoms with van der Waals surface area (Å²) in [5.41, 5.74) is 0.249. The molecule has 0 radical (unpaired) electrons. The second kappa shape index (κ2) is 6.34. The quantitative estimate of drug-likeness (QED) is 0.417. The molecule has 0 aromatic heterocycles. The smallest absolute Gasteiger partial charge is 0.318 e. The van der Waals surface area contributed by atoms with Gasteiger partial charge in [-0.25, -0.2) is 0 Å². The summed E-state index contributed by atoms with van der Waals surface area (Å²) in [6.45, 7) is 2.99. The zero-order chi connectivity index (χ0) is 15.0. The number of ether oxygens (including phenoxy) is 1. The molecular formula is C17H27IO3. The summed E-state index contributed by atoms with van der Waals surface area (Å²) in [6, 6.07) is 0. The third-order valence-corrected chi connectivity index (χ3v) is 7.63. The molecular weight excluding hydrogens is 379 g/mol. The van der Waals surface area contributed by atoms with Gasteiger partial charge >= 0.3 is 5.97 Å². The van der Waals surface area contributed by atoms with Crippen LogP contribution in [0.3, 0.4) is 0 Å². The number of aliphatic hydroxyl groups excluding tert-OH is 1. The Kier molecular flexibility index (Phi) is 4.84. The van der Waals surface area contributed by atoms with Crippen LogP contribution in [0, 0.1) is 29.1 Å². The molecule has 4 heteroatoms. The summed E-state index contributed by atoms with van der Waals surface area (Å²) in [5, 5.41) is 9.78. The van der Waals surface area contributed by atoms with Gasteiger partial charge in [-0.15, -0.1) is 0 Å². The first-order chi connectivity index (χ1) is 10.1. The van der Waals surface area contributed by atoms with Gasteiger partial charge in [-0.2, -0.15) is 0 Å². The molecule has 0 heterocycles. The molecule has 0 aliphatic heterocycles. The number of carbonyl (C=O) groups is 1. The van der Waals surface area contributed by atoms with Crippen molar-refractivity contribution >= 4 is 28.6 Å². The Labute approximate surface area is 141 Å². The molecule has 4 saturated carbocycles. The first-order valence-electron chi connectivity index (χ1n) is 8.48. The van der Waals surface area contributed by atoms with Gasteiger partial charge in [0, 0.05) is 6.61 Å². The Hall–Kier alpha value is 0.160. The van der Waals surface area contributed by atoms with E-state index in [4.69, 9.17) is 4.74 Å². The van der Waals surface area contributed by atoms with Crippen molar-refractivity contribution in [3.63, 3.8) is 0 Å². The maximum Gasteiger partial charge on any atom is 0.318 e. The van der Waals surface area contributed by atoms with Crippen LogP contribution in [0.5, 0.6) is 0 Å². The van der Waals surface area contributed by atoms with E-state index in [-0.39, 0.29) is 15.3 Å². The monoisotopic (exact) mass is 406 g/mol. The van der Waals surface area contributed by atoms with E-state index in [1.165, 1.54) is 32.1 Å². The summed E-state index contributed by atoms with van der Waals surface area (Å²) in [6.07, 6.45) is 8.24. The molecule has 0 spiro atoms. The number of esters is 1. The molecule has 1 N–H and O–H groups in total. The number of alkyl halides is 1. The number of carbonyl (C=O) groups excluding carboxylic acids is 1. The average molecular weight is 406 g/mol. The molecule has 4 fully saturated rings. The molecule has 0 aromatic carbocycles. The first kappa shape index (κ1) is 16.0. The Morgan fingerprint density at radius 2 is 2.00 bits per heavy atom. The molecule has 3 unspecified atom stereocenters. The van der Waals surface area contributed by atoms with E-state index >= 15 is 0 Å². The lowest BCUT2D eigenvalue weighted by atomic mass is 9.46. The second-order valence-electron chi connectivity index (χ2n) is 7.62. The number of hydrogen-bond donors (Lipinski definition) is 1. The van der Waals surface area contributed by atoms with Crippen molar-refractivity contribution in [1.29, 1.82) is 0 Å². The highest BCUT2D eigenvalue weighted by atomic mass is 127. The Morgan fingerprint density at radius 1 is 1.33 bits per heavy atom. The summed E-state index contributed by atoms with van der Waals surface area (Å²) in [5.74, 6) is 3.07. The van der Waals surface area contributed by atoms with Crippen LogP contribution in [-0.2, 0) is 9.53 Å². The van der Waals surface area contributed by atoms with Gasteiger partial charge in [0.25, 0.3) is 0 Å². The van der Waals surface area contributed by atoms with Gasteiger partial charge in [0.15, 0.2) is 0 Å². The van der Waals surface area contributed by atoms with Crippen LogP contribution in [0.2, 0.25) is 0 Å². The number of aliphatic hydroxyl groups is 1. The predicted molar refractivity (Wildman–Crippen MR) is 90.2 cm³/mol. The lowest BCUT2D eigenvalue weighted by Gasteiger charge is -2.60. The van der Waals surface area contributed by atoms with E-state index in [1.54, 1.807) is 0 Å². The molecule has 3 nitrogen and oxygen atoms in total. The fourth-order valence-corrected chi connectivity index (χ4v) is 5.70. The largest absolute Gasteiger partial charge is 0.465 e. The molecule has 0 saturated heterocycles. The van der Waals surface area contributed by atoms with E-state index in [9.17, 15) is 9.90 Å². The maximum atomic E-state index is 11.8. The van der Waals surface area contributed by atoms with Crippen molar-refractivity contribution in [2.45, 2.75) is 55.8 Å². The Balaban J connectivity index is 1.53. The number of halogens is 1. The second-order valence-corrected chi connectivity index (χ2v) is 9.13. The fraction of sp³-hybridized carbons (Fsp3) is 0.941. The summed E-state index contributed by atoms with van der Waals surface area (Å²) >= 11 is 2.17. The number of hydrogen-bond acceptors (Lipinski definition) is 3. The molecule has 4 bridgehead atoms. The van der Waals surface area contributed by atoms with E-state index < -0.39 is 0 Å². The lowest BCUT2D eigenvalue weighted by Crippen LogP contribution is -2.52. The molecule has 0 amide bonds. The van der Waals surface area contributed by atoms with Gasteiger partial charge in [0.1, 0.15) is 3.92 Å². The summed E-state index contributed by atoms with van der Waals surface area (Å²) in [4.78, 5) is 11.8. The third kappa shape index (κ3) is 3.12. The minimum atomic E-state index is -0.0475. The van der Waals surface area contributed by atoms with Gasteiger partial charge in [-0.3, -0.25) is 4.79 Å². The first-order valence-corrected chi connectivity index (χ1v) is 9.73. The highest BCUT2D eigenvalue weighted by molar-refractivity contribution is 14.1. The average Bonchev–Trinajstić information content (AvgIpc) is 2.48. The predicted octanol–water partition coefficient (Wildman–Crippen LogP) is 3.57. The maximum absolute atomic E-state index is 11.8. The van der Waals surface area contributed by atoms with Crippen molar-refractivity contribution in [3.8, 4) is 0 Å². The highest BCUT2D eigenvalue weighted by Gasteiger charge is 2.54. The van der Waals surface area contributed by atoms with Crippen molar-refractivity contribution < 1.29 is 14.6 Å². The van der Waals surface area contributed by atoms with Crippen molar-refractivity contribution in [1.82, 2.24) is 0 Å². The SMILES string of the molecule is CCC(I)C(=O)OCCC1C2CC3CC1CC(CO)(C3)C2. The van der Waals surface area contributed by atoms with Gasteiger partial charge in [0.2, 0.25) is 0 Å². The lowest BCUT2D eigenvalue weighted by molar-refractivity contribution is -0.146. The normalized spacial score (nSPS) is 42.0. The Morgan fingerprint density at radius 3 is 2.57 bits per heavy atom. The third-order valence-electron chi connectivity index (χ3n) is 6.24. The van der Waals surface area contributed by atoms with Crippen molar-refractivity contribution in [3.05, 3.63) is 0 Å². The van der Waals surface area contributed by atoms with Crippen LogP contribution in [0.1, 0.15) is 51.9 Å².